The lowest BCUT2D eigenvalue weighted by Crippen LogP contribution is -2.07. The van der Waals surface area contributed by atoms with Crippen molar-refractivity contribution < 1.29 is 9.47 Å². The van der Waals surface area contributed by atoms with Crippen molar-refractivity contribution in [3.8, 4) is 0 Å². The molecule has 67 valence electrons. The average molecular weight is 159 g/mol. The number of unbranched alkanes of at least 4 members (excludes halogenated alkanes) is 3. The monoisotopic (exact) mass is 159 g/mol. The first kappa shape index (κ1) is 10.9. The molecule has 0 aromatic carbocycles. The highest BCUT2D eigenvalue weighted by Crippen LogP contribution is 2.04. The zero-order valence-corrected chi connectivity index (χ0v) is 7.80. The smallest absolute Gasteiger partial charge is 0.154 e. The van der Waals surface area contributed by atoms with Gasteiger partial charge in [-0.3, -0.25) is 0 Å². The zero-order chi connectivity index (χ0) is 8.53. The summed E-state index contributed by atoms with van der Waals surface area (Å²) < 4.78 is 10.1. The number of hydrogen-bond donors (Lipinski definition) is 0. The van der Waals surface area contributed by atoms with Crippen LogP contribution in [0.4, 0.5) is 0 Å². The topological polar surface area (TPSA) is 18.5 Å². The molecule has 0 aliphatic carbocycles. The Morgan fingerprint density at radius 1 is 1.36 bits per heavy atom. The highest BCUT2D eigenvalue weighted by atomic mass is 16.7. The molecule has 0 fully saturated rings. The molecular weight excluding hydrogens is 140 g/mol. The minimum atomic E-state index is -0.100. The minimum absolute atomic E-state index is 0.100. The minimum Gasteiger partial charge on any atom is -0.356 e. The van der Waals surface area contributed by atoms with Gasteiger partial charge in [-0.05, 0) is 13.3 Å². The second kappa shape index (κ2) is 8.02. The summed E-state index contributed by atoms with van der Waals surface area (Å²) in [5.41, 5.74) is 0. The van der Waals surface area contributed by atoms with E-state index in [4.69, 9.17) is 9.47 Å². The summed E-state index contributed by atoms with van der Waals surface area (Å²) in [5.74, 6) is 0. The van der Waals surface area contributed by atoms with Gasteiger partial charge in [-0.1, -0.05) is 26.2 Å². The largest absolute Gasteiger partial charge is 0.356 e. The van der Waals surface area contributed by atoms with Crippen LogP contribution < -0.4 is 0 Å². The molecule has 0 heterocycles. The lowest BCUT2D eigenvalue weighted by molar-refractivity contribution is -0.0869. The maximum Gasteiger partial charge on any atom is 0.154 e. The van der Waals surface area contributed by atoms with Crippen LogP contribution in [0.25, 0.3) is 0 Å². The fraction of sp³-hybridized carbons (Fsp3) is 0.889. The van der Waals surface area contributed by atoms with E-state index in [1.807, 2.05) is 13.5 Å². The van der Waals surface area contributed by atoms with Gasteiger partial charge < -0.3 is 9.47 Å². The van der Waals surface area contributed by atoms with Crippen LogP contribution in [0.1, 0.15) is 39.5 Å². The zero-order valence-electron chi connectivity index (χ0n) is 7.80. The van der Waals surface area contributed by atoms with Crippen molar-refractivity contribution in [1.29, 1.82) is 0 Å². The van der Waals surface area contributed by atoms with Crippen molar-refractivity contribution in [3.05, 3.63) is 6.61 Å². The fourth-order valence-electron chi connectivity index (χ4n) is 0.737. The van der Waals surface area contributed by atoms with Crippen LogP contribution in [0.3, 0.4) is 0 Å². The number of methoxy groups -OCH3 is 1. The molecule has 1 unspecified atom stereocenters. The van der Waals surface area contributed by atoms with E-state index in [1.165, 1.54) is 19.3 Å². The molecule has 1 atom stereocenters. The molecule has 0 N–H and O–H groups in total. The maximum absolute atomic E-state index is 5.19. The third-order valence-corrected chi connectivity index (χ3v) is 1.55. The van der Waals surface area contributed by atoms with Crippen LogP contribution in [0.5, 0.6) is 0 Å². The Morgan fingerprint density at radius 2 is 2.09 bits per heavy atom. The van der Waals surface area contributed by atoms with Gasteiger partial charge in [-0.25, -0.2) is 0 Å². The highest BCUT2D eigenvalue weighted by Gasteiger charge is 1.97. The predicted octanol–water partition coefficient (Wildman–Crippen LogP) is 2.74. The average Bonchev–Trinajstić information content (AvgIpc) is 2.04. The van der Waals surface area contributed by atoms with Crippen molar-refractivity contribution in [2.24, 2.45) is 0 Å². The number of hydrogen-bond acceptors (Lipinski definition) is 2. The summed E-state index contributed by atoms with van der Waals surface area (Å²) in [5, 5.41) is 0. The molecule has 0 bridgehead atoms. The molecule has 11 heavy (non-hydrogen) atoms. The van der Waals surface area contributed by atoms with E-state index in [9.17, 15) is 0 Å². The number of rotatable bonds is 7. The van der Waals surface area contributed by atoms with Crippen molar-refractivity contribution in [2.45, 2.75) is 45.8 Å². The van der Waals surface area contributed by atoms with E-state index in [1.54, 1.807) is 7.11 Å². The quantitative estimate of drug-likeness (QED) is 0.420. The molecule has 0 aliphatic heterocycles. The van der Waals surface area contributed by atoms with E-state index in [0.29, 0.717) is 0 Å². The van der Waals surface area contributed by atoms with Crippen LogP contribution in [0, 0.1) is 6.61 Å². The summed E-state index contributed by atoms with van der Waals surface area (Å²) in [7, 11) is 1.64. The van der Waals surface area contributed by atoms with E-state index in [0.717, 1.165) is 6.42 Å². The summed E-state index contributed by atoms with van der Waals surface area (Å²) in [6, 6.07) is 0. The van der Waals surface area contributed by atoms with E-state index in [-0.39, 0.29) is 6.29 Å². The lowest BCUT2D eigenvalue weighted by atomic mass is 10.2. The van der Waals surface area contributed by atoms with Crippen LogP contribution in [-0.4, -0.2) is 13.4 Å². The Morgan fingerprint density at radius 3 is 2.64 bits per heavy atom. The molecule has 0 rings (SSSR count). The van der Waals surface area contributed by atoms with Gasteiger partial charge in [0.05, 0.1) is 6.61 Å². The van der Waals surface area contributed by atoms with Gasteiger partial charge in [0.2, 0.25) is 0 Å². The van der Waals surface area contributed by atoms with E-state index in [2.05, 4.69) is 6.92 Å². The molecule has 0 saturated carbocycles. The first-order chi connectivity index (χ1) is 5.31. The van der Waals surface area contributed by atoms with Gasteiger partial charge in [0.15, 0.2) is 6.29 Å². The van der Waals surface area contributed by atoms with E-state index >= 15 is 0 Å². The molecule has 2 nitrogen and oxygen atoms in total. The molecule has 0 amide bonds. The lowest BCUT2D eigenvalue weighted by Gasteiger charge is -2.09. The Hall–Kier alpha value is -0.0800. The molecular formula is C9H19O2. The fourth-order valence-corrected chi connectivity index (χ4v) is 0.737. The third-order valence-electron chi connectivity index (χ3n) is 1.55. The van der Waals surface area contributed by atoms with Crippen molar-refractivity contribution in [3.63, 3.8) is 0 Å². The molecule has 0 spiro atoms. The summed E-state index contributed by atoms with van der Waals surface area (Å²) >= 11 is 0. The van der Waals surface area contributed by atoms with Crippen molar-refractivity contribution in [1.82, 2.24) is 0 Å². The van der Waals surface area contributed by atoms with Crippen LogP contribution >= 0.6 is 0 Å². The van der Waals surface area contributed by atoms with Gasteiger partial charge in [-0.2, -0.15) is 0 Å². The van der Waals surface area contributed by atoms with Crippen LogP contribution in [-0.2, 0) is 9.47 Å². The van der Waals surface area contributed by atoms with Crippen LogP contribution in [0.2, 0.25) is 0 Å². The molecule has 0 aromatic heterocycles. The Balaban J connectivity index is 2.89. The van der Waals surface area contributed by atoms with E-state index < -0.39 is 0 Å². The van der Waals surface area contributed by atoms with Gasteiger partial charge >= 0.3 is 0 Å². The Kier molecular flexibility index (Phi) is 7.96. The standard InChI is InChI=1S/C9H19O2/c1-4-5-6-7-8-11-9(2)10-3/h8-9H,4-7H2,1-3H3. The second-order valence-corrected chi connectivity index (χ2v) is 2.60. The first-order valence-corrected chi connectivity index (χ1v) is 4.31. The van der Waals surface area contributed by atoms with Crippen LogP contribution in [0.15, 0.2) is 0 Å². The highest BCUT2D eigenvalue weighted by molar-refractivity contribution is 4.51. The number of ether oxygens (including phenoxy) is 2. The third kappa shape index (κ3) is 7.82. The summed E-state index contributed by atoms with van der Waals surface area (Å²) in [6.07, 6.45) is 4.68. The van der Waals surface area contributed by atoms with Crippen molar-refractivity contribution >= 4 is 0 Å². The Bertz CT molecular complexity index is 74.0. The Labute approximate surface area is 69.9 Å². The molecule has 1 radical (unpaired) electrons. The molecule has 2 heteroatoms. The summed E-state index contributed by atoms with van der Waals surface area (Å²) in [4.78, 5) is 0. The van der Waals surface area contributed by atoms with Gasteiger partial charge in [0, 0.05) is 7.11 Å². The van der Waals surface area contributed by atoms with Gasteiger partial charge in [0.1, 0.15) is 0 Å². The SMILES string of the molecule is CCCCC[CH]OC(C)OC. The maximum atomic E-state index is 5.19. The second-order valence-electron chi connectivity index (χ2n) is 2.60. The van der Waals surface area contributed by atoms with Gasteiger partial charge in [-0.15, -0.1) is 0 Å². The first-order valence-electron chi connectivity index (χ1n) is 4.31. The normalized spacial score (nSPS) is 13.4. The summed E-state index contributed by atoms with van der Waals surface area (Å²) in [6.45, 7) is 5.92. The van der Waals surface area contributed by atoms with Gasteiger partial charge in [0.25, 0.3) is 0 Å². The predicted molar refractivity (Wildman–Crippen MR) is 46.0 cm³/mol. The van der Waals surface area contributed by atoms with Crippen molar-refractivity contribution in [2.75, 3.05) is 7.11 Å². The molecule has 0 saturated heterocycles. The molecule has 0 aliphatic rings. The molecule has 0 aromatic rings.